The molecule has 2 nitrogen and oxygen atoms in total. The summed E-state index contributed by atoms with van der Waals surface area (Å²) in [7, 11) is 0. The largest absolute Gasteiger partial charge is 0.310 e. The highest BCUT2D eigenvalue weighted by Gasteiger charge is 2.52. The molecule has 1 spiro atoms. The minimum Gasteiger partial charge on any atom is -0.310 e. The van der Waals surface area contributed by atoms with E-state index in [0.29, 0.717) is 0 Å². The molecule has 8 aromatic rings. The second kappa shape index (κ2) is 10.4. The van der Waals surface area contributed by atoms with Crippen LogP contribution in [0.15, 0.2) is 156 Å². The zero-order valence-corrected chi connectivity index (χ0v) is 28.0. The SMILES string of the molecule is Cc1ccc(N(c2ccc(C)cc2)c2ccc3c(c2)C2(c4ccccc4-3)c3ccccc3-c3cc4sc5ccccc5c(=O)c4cc32)cc1. The average molecular weight is 646 g/mol. The number of fused-ring (bicyclic) bond motifs is 12. The predicted octanol–water partition coefficient (Wildman–Crippen LogP) is 11.8. The number of aryl methyl sites for hydroxylation is 2. The molecule has 232 valence electrons. The van der Waals surface area contributed by atoms with Crippen LogP contribution in [0.4, 0.5) is 17.1 Å². The van der Waals surface area contributed by atoms with E-state index in [1.54, 1.807) is 11.3 Å². The lowest BCUT2D eigenvalue weighted by molar-refractivity contribution is 0.795. The van der Waals surface area contributed by atoms with Crippen LogP contribution >= 0.6 is 11.3 Å². The van der Waals surface area contributed by atoms with Crippen molar-refractivity contribution >= 4 is 48.6 Å². The van der Waals surface area contributed by atoms with Crippen LogP contribution in [0, 0.1) is 13.8 Å². The van der Waals surface area contributed by atoms with Gasteiger partial charge in [-0.15, -0.1) is 11.3 Å². The summed E-state index contributed by atoms with van der Waals surface area (Å²) >= 11 is 1.71. The average Bonchev–Trinajstić information content (AvgIpc) is 3.59. The molecular weight excluding hydrogens is 615 g/mol. The summed E-state index contributed by atoms with van der Waals surface area (Å²) < 4.78 is 2.05. The number of benzene rings is 7. The van der Waals surface area contributed by atoms with Crippen molar-refractivity contribution in [3.05, 3.63) is 195 Å². The molecule has 0 N–H and O–H groups in total. The Bertz CT molecular complexity index is 2660. The second-order valence-electron chi connectivity index (χ2n) is 13.4. The van der Waals surface area contributed by atoms with Crippen molar-refractivity contribution in [3.63, 3.8) is 0 Å². The van der Waals surface area contributed by atoms with E-state index in [1.165, 1.54) is 55.6 Å². The van der Waals surface area contributed by atoms with Crippen molar-refractivity contribution in [1.82, 2.24) is 0 Å². The van der Waals surface area contributed by atoms with Gasteiger partial charge in [0.2, 0.25) is 0 Å². The van der Waals surface area contributed by atoms with Gasteiger partial charge in [-0.25, -0.2) is 0 Å². The van der Waals surface area contributed by atoms with Crippen LogP contribution in [0.1, 0.15) is 33.4 Å². The smallest absolute Gasteiger partial charge is 0.195 e. The van der Waals surface area contributed by atoms with Crippen LogP contribution in [0.3, 0.4) is 0 Å². The molecule has 1 aromatic heterocycles. The molecule has 0 aliphatic heterocycles. The first kappa shape index (κ1) is 28.3. The molecule has 10 rings (SSSR count). The highest BCUT2D eigenvalue weighted by atomic mass is 32.1. The normalized spacial score (nSPS) is 15.3. The van der Waals surface area contributed by atoms with Gasteiger partial charge in [0.1, 0.15) is 0 Å². The summed E-state index contributed by atoms with van der Waals surface area (Å²) in [4.78, 5) is 16.5. The Morgan fingerprint density at radius 2 is 0.980 bits per heavy atom. The van der Waals surface area contributed by atoms with Crippen molar-refractivity contribution in [2.45, 2.75) is 19.3 Å². The van der Waals surface area contributed by atoms with E-state index in [-0.39, 0.29) is 5.43 Å². The lowest BCUT2D eigenvalue weighted by atomic mass is 9.70. The summed E-state index contributed by atoms with van der Waals surface area (Å²) in [5.41, 5.74) is 15.2. The second-order valence-corrected chi connectivity index (χ2v) is 14.5. The lowest BCUT2D eigenvalue weighted by Gasteiger charge is -2.32. The van der Waals surface area contributed by atoms with E-state index in [2.05, 4.69) is 152 Å². The van der Waals surface area contributed by atoms with Gasteiger partial charge in [0.05, 0.1) is 5.41 Å². The summed E-state index contributed by atoms with van der Waals surface area (Å²) in [6.07, 6.45) is 0. The Hall–Kier alpha value is -5.77. The third kappa shape index (κ3) is 3.91. The molecule has 0 saturated carbocycles. The fraction of sp³-hybridized carbons (Fsp3) is 0.0652. The Morgan fingerprint density at radius 3 is 1.65 bits per heavy atom. The summed E-state index contributed by atoms with van der Waals surface area (Å²) in [5, 5.41) is 1.57. The number of rotatable bonds is 3. The third-order valence-corrected chi connectivity index (χ3v) is 11.7. The minimum absolute atomic E-state index is 0.100. The molecule has 0 radical (unpaired) electrons. The maximum atomic E-state index is 14.2. The molecule has 0 bridgehead atoms. The molecule has 1 atom stereocenters. The lowest BCUT2D eigenvalue weighted by Crippen LogP contribution is -2.26. The zero-order valence-electron chi connectivity index (χ0n) is 27.2. The Kier molecular flexibility index (Phi) is 5.98. The van der Waals surface area contributed by atoms with Crippen LogP contribution in [-0.2, 0) is 5.41 Å². The van der Waals surface area contributed by atoms with Gasteiger partial charge in [-0.3, -0.25) is 4.79 Å². The monoisotopic (exact) mass is 645 g/mol. The van der Waals surface area contributed by atoms with E-state index in [9.17, 15) is 4.79 Å². The molecule has 0 amide bonds. The first-order valence-corrected chi connectivity index (χ1v) is 17.6. The van der Waals surface area contributed by atoms with Gasteiger partial charge >= 0.3 is 0 Å². The number of hydrogen-bond donors (Lipinski definition) is 0. The first-order valence-electron chi connectivity index (χ1n) is 16.8. The van der Waals surface area contributed by atoms with Crippen LogP contribution in [0.5, 0.6) is 0 Å². The number of hydrogen-bond acceptors (Lipinski definition) is 3. The van der Waals surface area contributed by atoms with Gasteiger partial charge in [-0.2, -0.15) is 0 Å². The zero-order chi connectivity index (χ0) is 32.9. The summed E-state index contributed by atoms with van der Waals surface area (Å²) in [5.74, 6) is 0. The molecular formula is C46H31NOS. The quantitative estimate of drug-likeness (QED) is 0.178. The molecule has 0 fully saturated rings. The Morgan fingerprint density at radius 1 is 0.449 bits per heavy atom. The van der Waals surface area contributed by atoms with Crippen molar-refractivity contribution in [1.29, 1.82) is 0 Å². The molecule has 1 heterocycles. The van der Waals surface area contributed by atoms with Gasteiger partial charge in [0, 0.05) is 37.2 Å². The molecule has 7 aromatic carbocycles. The Labute approximate surface area is 289 Å². The van der Waals surface area contributed by atoms with E-state index >= 15 is 0 Å². The van der Waals surface area contributed by atoms with Crippen molar-refractivity contribution in [3.8, 4) is 22.3 Å². The highest BCUT2D eigenvalue weighted by Crippen LogP contribution is 2.63. The summed E-state index contributed by atoms with van der Waals surface area (Å²) in [6.45, 7) is 4.26. The Balaban J connectivity index is 1.30. The number of anilines is 3. The molecule has 49 heavy (non-hydrogen) atoms. The van der Waals surface area contributed by atoms with Gasteiger partial charge in [0.25, 0.3) is 0 Å². The van der Waals surface area contributed by atoms with Gasteiger partial charge in [-0.1, -0.05) is 102 Å². The van der Waals surface area contributed by atoms with Crippen molar-refractivity contribution in [2.24, 2.45) is 0 Å². The molecule has 2 aliphatic carbocycles. The van der Waals surface area contributed by atoms with E-state index in [1.807, 2.05) is 18.2 Å². The van der Waals surface area contributed by atoms with Crippen molar-refractivity contribution < 1.29 is 0 Å². The van der Waals surface area contributed by atoms with Gasteiger partial charge in [-0.05, 0) is 119 Å². The van der Waals surface area contributed by atoms with Crippen molar-refractivity contribution in [2.75, 3.05) is 4.90 Å². The fourth-order valence-corrected chi connectivity index (χ4v) is 9.49. The maximum absolute atomic E-state index is 14.2. The minimum atomic E-state index is -0.572. The standard InChI is InChI=1S/C46H31NOS/c1-28-15-19-30(20-16-28)47(31-21-17-29(2)18-22-31)32-23-24-35-33-9-3-6-12-39(33)46(41(35)25-32)40-13-7-4-10-34(40)37-27-44-38(26-42(37)46)45(48)36-11-5-8-14-43(36)49-44/h3-27H,1-2H3. The van der Waals surface area contributed by atoms with Gasteiger partial charge in [0.15, 0.2) is 5.43 Å². The summed E-state index contributed by atoms with van der Waals surface area (Å²) in [6, 6.07) is 54.8. The van der Waals surface area contributed by atoms with Crippen LogP contribution in [-0.4, -0.2) is 0 Å². The van der Waals surface area contributed by atoms with Crippen LogP contribution in [0.25, 0.3) is 42.4 Å². The van der Waals surface area contributed by atoms with E-state index in [0.717, 1.165) is 37.2 Å². The fourth-order valence-electron chi connectivity index (χ4n) is 8.39. The van der Waals surface area contributed by atoms with Gasteiger partial charge < -0.3 is 4.90 Å². The van der Waals surface area contributed by atoms with Crippen LogP contribution in [0.2, 0.25) is 0 Å². The van der Waals surface area contributed by atoms with Crippen LogP contribution < -0.4 is 10.3 Å². The highest BCUT2D eigenvalue weighted by molar-refractivity contribution is 7.24. The molecule has 0 saturated heterocycles. The first-order chi connectivity index (χ1) is 24.0. The maximum Gasteiger partial charge on any atom is 0.195 e. The predicted molar refractivity (Wildman–Crippen MR) is 206 cm³/mol. The topological polar surface area (TPSA) is 20.3 Å². The number of nitrogens with zero attached hydrogens (tertiary/aromatic N) is 1. The molecule has 2 aliphatic rings. The van der Waals surface area contributed by atoms with E-state index < -0.39 is 5.41 Å². The van der Waals surface area contributed by atoms with E-state index in [4.69, 9.17) is 0 Å². The molecule has 1 unspecified atom stereocenters. The molecule has 3 heteroatoms. The third-order valence-electron chi connectivity index (χ3n) is 10.6.